The first-order valence-electron chi connectivity index (χ1n) is 9.80. The van der Waals surface area contributed by atoms with Gasteiger partial charge in [-0.3, -0.25) is 14.3 Å². The molecular formula is C24H22N2O3S. The maximum Gasteiger partial charge on any atom is 0.331 e. The molecule has 5 nitrogen and oxygen atoms in total. The number of fused-ring (bicyclic) bond motifs is 1. The summed E-state index contributed by atoms with van der Waals surface area (Å²) in [6, 6.07) is 24.0. The van der Waals surface area contributed by atoms with Crippen LogP contribution in [0.5, 0.6) is 0 Å². The minimum absolute atomic E-state index is 0.0629. The zero-order valence-corrected chi connectivity index (χ0v) is 17.4. The van der Waals surface area contributed by atoms with Crippen LogP contribution in [-0.2, 0) is 24.5 Å². The van der Waals surface area contributed by atoms with Gasteiger partial charge in [-0.2, -0.15) is 0 Å². The van der Waals surface area contributed by atoms with Crippen LogP contribution in [0.2, 0.25) is 0 Å². The highest BCUT2D eigenvalue weighted by atomic mass is 32.2. The molecule has 0 aliphatic rings. The molecule has 30 heavy (non-hydrogen) atoms. The van der Waals surface area contributed by atoms with Gasteiger partial charge in [0.1, 0.15) is 6.73 Å². The van der Waals surface area contributed by atoms with Crippen LogP contribution < -0.4 is 11.2 Å². The third-order valence-electron chi connectivity index (χ3n) is 4.86. The molecule has 1 N–H and O–H groups in total. The number of H-pyrrole nitrogens is 1. The Bertz CT molecular complexity index is 1280. The third-order valence-corrected chi connectivity index (χ3v) is 6.01. The normalized spacial score (nSPS) is 11.1. The number of rotatable bonds is 7. The Kier molecular flexibility index (Phi) is 6.16. The summed E-state index contributed by atoms with van der Waals surface area (Å²) in [5, 5.41) is 2.88. The Morgan fingerprint density at radius 3 is 2.43 bits per heavy atom. The van der Waals surface area contributed by atoms with Crippen molar-refractivity contribution in [3.05, 3.63) is 105 Å². The molecule has 4 rings (SSSR count). The van der Waals surface area contributed by atoms with Gasteiger partial charge in [0.15, 0.2) is 0 Å². The fourth-order valence-electron chi connectivity index (χ4n) is 3.31. The number of hydrogen-bond donors (Lipinski definition) is 1. The molecule has 0 saturated heterocycles. The Hall–Kier alpha value is -3.09. The molecule has 0 atom stereocenters. The Balaban J connectivity index is 1.67. The summed E-state index contributed by atoms with van der Waals surface area (Å²) in [6.45, 7) is 2.36. The Morgan fingerprint density at radius 2 is 1.67 bits per heavy atom. The predicted molar refractivity (Wildman–Crippen MR) is 120 cm³/mol. The first-order valence-corrected chi connectivity index (χ1v) is 10.6. The number of benzene rings is 3. The number of nitrogens with zero attached hydrogens (tertiary/aromatic N) is 1. The molecule has 0 unspecified atom stereocenters. The third kappa shape index (κ3) is 4.40. The number of ether oxygens (including phenoxy) is 1. The van der Waals surface area contributed by atoms with Crippen molar-refractivity contribution in [3.8, 4) is 0 Å². The molecule has 4 aromatic rings. The molecule has 0 spiro atoms. The van der Waals surface area contributed by atoms with Crippen LogP contribution in [0, 0.1) is 0 Å². The van der Waals surface area contributed by atoms with Crippen molar-refractivity contribution in [2.75, 3.05) is 0 Å². The zero-order chi connectivity index (χ0) is 20.9. The quantitative estimate of drug-likeness (QED) is 0.446. The second-order valence-corrected chi connectivity index (χ2v) is 7.96. The lowest BCUT2D eigenvalue weighted by Crippen LogP contribution is -2.34. The first kappa shape index (κ1) is 20.2. The highest BCUT2D eigenvalue weighted by molar-refractivity contribution is 7.99. The molecule has 1 heterocycles. The van der Waals surface area contributed by atoms with Crippen LogP contribution >= 0.6 is 11.8 Å². The largest absolute Gasteiger partial charge is 0.356 e. The van der Waals surface area contributed by atoms with Crippen molar-refractivity contribution in [1.82, 2.24) is 9.55 Å². The van der Waals surface area contributed by atoms with Crippen molar-refractivity contribution >= 4 is 22.5 Å². The van der Waals surface area contributed by atoms with Crippen LogP contribution in [-0.4, -0.2) is 9.55 Å². The number of aromatic nitrogens is 2. The molecule has 0 saturated carbocycles. The molecule has 1 aromatic heterocycles. The van der Waals surface area contributed by atoms with Gasteiger partial charge in [-0.05, 0) is 34.9 Å². The lowest BCUT2D eigenvalue weighted by atomic mass is 10.1. The van der Waals surface area contributed by atoms with Gasteiger partial charge in [0.05, 0.1) is 11.6 Å². The van der Waals surface area contributed by atoms with Crippen LogP contribution in [0.1, 0.15) is 18.1 Å². The van der Waals surface area contributed by atoms with Gasteiger partial charge in [-0.15, -0.1) is 0 Å². The molecule has 0 fully saturated rings. The van der Waals surface area contributed by atoms with Crippen molar-refractivity contribution in [3.63, 3.8) is 0 Å². The number of aromatic amines is 1. The summed E-state index contributed by atoms with van der Waals surface area (Å²) in [4.78, 5) is 28.4. The lowest BCUT2D eigenvalue weighted by molar-refractivity contribution is 0.0550. The fourth-order valence-corrected chi connectivity index (χ4v) is 4.46. The van der Waals surface area contributed by atoms with Gasteiger partial charge >= 0.3 is 5.69 Å². The SMILES string of the molecule is CCc1c(Sc2ccc3ccccc3c2)n(COCc2ccccc2)c(=O)[nH]c1=O. The average Bonchev–Trinajstić information content (AvgIpc) is 2.76. The topological polar surface area (TPSA) is 64.1 Å². The highest BCUT2D eigenvalue weighted by Gasteiger charge is 2.15. The smallest absolute Gasteiger partial charge is 0.331 e. The van der Waals surface area contributed by atoms with Gasteiger partial charge in [-0.25, -0.2) is 4.79 Å². The van der Waals surface area contributed by atoms with Crippen molar-refractivity contribution < 1.29 is 4.74 Å². The molecule has 0 radical (unpaired) electrons. The monoisotopic (exact) mass is 418 g/mol. The molecule has 0 amide bonds. The van der Waals surface area contributed by atoms with E-state index in [0.29, 0.717) is 23.6 Å². The molecule has 6 heteroatoms. The predicted octanol–water partition coefficient (Wildman–Crippen LogP) is 4.58. The van der Waals surface area contributed by atoms with E-state index in [2.05, 4.69) is 17.1 Å². The lowest BCUT2D eigenvalue weighted by Gasteiger charge is -2.15. The van der Waals surface area contributed by atoms with E-state index in [0.717, 1.165) is 21.2 Å². The maximum absolute atomic E-state index is 12.6. The van der Waals surface area contributed by atoms with E-state index in [-0.39, 0.29) is 12.3 Å². The summed E-state index contributed by atoms with van der Waals surface area (Å²) in [5.41, 5.74) is 0.795. The van der Waals surface area contributed by atoms with E-state index >= 15 is 0 Å². The van der Waals surface area contributed by atoms with Crippen LogP contribution in [0.25, 0.3) is 10.8 Å². The average molecular weight is 419 g/mol. The molecule has 0 aliphatic carbocycles. The van der Waals surface area contributed by atoms with Crippen molar-refractivity contribution in [2.45, 2.75) is 36.6 Å². The van der Waals surface area contributed by atoms with E-state index in [1.807, 2.05) is 67.6 Å². The highest BCUT2D eigenvalue weighted by Crippen LogP contribution is 2.31. The van der Waals surface area contributed by atoms with Crippen molar-refractivity contribution in [2.24, 2.45) is 0 Å². The van der Waals surface area contributed by atoms with Crippen molar-refractivity contribution in [1.29, 1.82) is 0 Å². The summed E-state index contributed by atoms with van der Waals surface area (Å²) in [7, 11) is 0. The summed E-state index contributed by atoms with van der Waals surface area (Å²) in [5.74, 6) is 0. The second kappa shape index (κ2) is 9.15. The van der Waals surface area contributed by atoms with Gasteiger partial charge < -0.3 is 4.74 Å². The van der Waals surface area contributed by atoms with E-state index in [1.54, 1.807) is 0 Å². The number of hydrogen-bond acceptors (Lipinski definition) is 4. The van der Waals surface area contributed by atoms with Gasteiger partial charge in [0.25, 0.3) is 5.56 Å². The standard InChI is InChI=1S/C24H22N2O3S/c1-2-21-22(27)25-24(28)26(16-29-15-17-8-4-3-5-9-17)23(21)30-20-13-12-18-10-6-7-11-19(18)14-20/h3-14H,2,15-16H2,1H3,(H,25,27,28). The van der Waals surface area contributed by atoms with Crippen LogP contribution in [0.3, 0.4) is 0 Å². The van der Waals surface area contributed by atoms with Gasteiger partial charge in [0, 0.05) is 10.5 Å². The Labute approximate surface area is 178 Å². The van der Waals surface area contributed by atoms with Crippen LogP contribution in [0.15, 0.2) is 92.3 Å². The van der Waals surface area contributed by atoms with Gasteiger partial charge in [-0.1, -0.05) is 79.3 Å². The minimum atomic E-state index is -0.464. The van der Waals surface area contributed by atoms with Crippen LogP contribution in [0.4, 0.5) is 0 Å². The molecule has 0 bridgehead atoms. The summed E-state index contributed by atoms with van der Waals surface area (Å²) >= 11 is 1.42. The zero-order valence-electron chi connectivity index (χ0n) is 16.6. The minimum Gasteiger partial charge on any atom is -0.356 e. The Morgan fingerprint density at radius 1 is 0.933 bits per heavy atom. The molecular weight excluding hydrogens is 396 g/mol. The van der Waals surface area contributed by atoms with Gasteiger partial charge in [0.2, 0.25) is 0 Å². The van der Waals surface area contributed by atoms with E-state index in [4.69, 9.17) is 4.74 Å². The molecule has 152 valence electrons. The second-order valence-electron chi connectivity index (χ2n) is 6.90. The van der Waals surface area contributed by atoms with E-state index in [9.17, 15) is 9.59 Å². The van der Waals surface area contributed by atoms with E-state index in [1.165, 1.54) is 16.3 Å². The maximum atomic E-state index is 12.6. The summed E-state index contributed by atoms with van der Waals surface area (Å²) in [6.07, 6.45) is 0.518. The number of nitrogens with one attached hydrogen (secondary N) is 1. The molecule has 0 aliphatic heterocycles. The fraction of sp³-hybridized carbons (Fsp3) is 0.167. The molecule has 3 aromatic carbocycles. The summed E-state index contributed by atoms with van der Waals surface area (Å²) < 4.78 is 7.31. The van der Waals surface area contributed by atoms with E-state index < -0.39 is 5.69 Å². The first-order chi connectivity index (χ1) is 14.7.